The first-order chi connectivity index (χ1) is 10.9. The van der Waals surface area contributed by atoms with Crippen molar-refractivity contribution in [3.63, 3.8) is 0 Å². The highest BCUT2D eigenvalue weighted by Gasteiger charge is 2.17. The lowest BCUT2D eigenvalue weighted by Crippen LogP contribution is -2.11. The fourth-order valence-corrected chi connectivity index (χ4v) is 2.66. The molecule has 0 radical (unpaired) electrons. The molecule has 0 unspecified atom stereocenters. The molecule has 0 N–H and O–H groups in total. The standard InChI is InChI=1S/C14H11Cl3N2O4/c1-8-2-3-12(14(18-8)19(20)21)22-4-5-23-13-10(16)6-9(15)7-11(13)17/h2-3,6-7H,4-5H2,1H3. The summed E-state index contributed by atoms with van der Waals surface area (Å²) in [5, 5.41) is 11.9. The second-order valence-electron chi connectivity index (χ2n) is 4.43. The molecule has 1 aromatic carbocycles. The normalized spacial score (nSPS) is 10.4. The Morgan fingerprint density at radius 3 is 2.35 bits per heavy atom. The lowest BCUT2D eigenvalue weighted by molar-refractivity contribution is -0.390. The number of rotatable bonds is 6. The maximum Gasteiger partial charge on any atom is 0.406 e. The molecule has 1 heterocycles. The molecule has 0 atom stereocenters. The molecule has 0 aliphatic rings. The molecule has 0 amide bonds. The first-order valence-electron chi connectivity index (χ1n) is 6.40. The van der Waals surface area contributed by atoms with Crippen molar-refractivity contribution in [2.45, 2.75) is 6.92 Å². The van der Waals surface area contributed by atoms with E-state index in [0.717, 1.165) is 0 Å². The lowest BCUT2D eigenvalue weighted by Gasteiger charge is -2.11. The van der Waals surface area contributed by atoms with Gasteiger partial charge in [0.15, 0.2) is 5.75 Å². The zero-order valence-corrected chi connectivity index (χ0v) is 14.2. The van der Waals surface area contributed by atoms with Gasteiger partial charge in [0.1, 0.15) is 18.9 Å². The Labute approximate surface area is 147 Å². The maximum atomic E-state index is 10.9. The number of ether oxygens (including phenoxy) is 2. The highest BCUT2D eigenvalue weighted by Crippen LogP contribution is 2.35. The van der Waals surface area contributed by atoms with Gasteiger partial charge in [0, 0.05) is 11.9 Å². The summed E-state index contributed by atoms with van der Waals surface area (Å²) in [6.07, 6.45) is 0. The molecule has 122 valence electrons. The summed E-state index contributed by atoms with van der Waals surface area (Å²) in [4.78, 5) is 14.2. The van der Waals surface area contributed by atoms with Crippen LogP contribution in [0.25, 0.3) is 0 Å². The van der Waals surface area contributed by atoms with E-state index in [1.54, 1.807) is 13.0 Å². The molecular formula is C14H11Cl3N2O4. The van der Waals surface area contributed by atoms with Gasteiger partial charge >= 0.3 is 5.82 Å². The highest BCUT2D eigenvalue weighted by molar-refractivity contribution is 6.40. The first-order valence-corrected chi connectivity index (χ1v) is 7.54. The Balaban J connectivity index is 1.98. The van der Waals surface area contributed by atoms with E-state index >= 15 is 0 Å². The minimum Gasteiger partial charge on any atom is -0.487 e. The van der Waals surface area contributed by atoms with Crippen LogP contribution in [-0.2, 0) is 0 Å². The molecule has 0 bridgehead atoms. The zero-order chi connectivity index (χ0) is 17.0. The van der Waals surface area contributed by atoms with E-state index in [1.165, 1.54) is 18.2 Å². The molecule has 23 heavy (non-hydrogen) atoms. The second kappa shape index (κ2) is 7.68. The topological polar surface area (TPSA) is 74.5 Å². The smallest absolute Gasteiger partial charge is 0.406 e. The summed E-state index contributed by atoms with van der Waals surface area (Å²) in [5.41, 5.74) is 0.528. The largest absolute Gasteiger partial charge is 0.487 e. The van der Waals surface area contributed by atoms with Crippen LogP contribution in [-0.4, -0.2) is 23.1 Å². The van der Waals surface area contributed by atoms with Crippen molar-refractivity contribution >= 4 is 40.6 Å². The van der Waals surface area contributed by atoms with E-state index in [2.05, 4.69) is 4.98 Å². The average molecular weight is 378 g/mol. The van der Waals surface area contributed by atoms with Gasteiger partial charge in [0.2, 0.25) is 5.75 Å². The van der Waals surface area contributed by atoms with Crippen molar-refractivity contribution in [3.8, 4) is 11.5 Å². The van der Waals surface area contributed by atoms with Crippen molar-refractivity contribution in [2.24, 2.45) is 0 Å². The van der Waals surface area contributed by atoms with Gasteiger partial charge in [-0.1, -0.05) is 34.8 Å². The van der Waals surface area contributed by atoms with Crippen LogP contribution in [0.3, 0.4) is 0 Å². The molecule has 0 aliphatic carbocycles. The van der Waals surface area contributed by atoms with E-state index in [1.807, 2.05) is 0 Å². The summed E-state index contributed by atoms with van der Waals surface area (Å²) >= 11 is 17.8. The van der Waals surface area contributed by atoms with Gasteiger partial charge in [-0.25, -0.2) is 0 Å². The molecule has 6 nitrogen and oxygen atoms in total. The molecule has 1 aromatic heterocycles. The van der Waals surface area contributed by atoms with Gasteiger partial charge in [-0.2, -0.15) is 0 Å². The monoisotopic (exact) mass is 376 g/mol. The van der Waals surface area contributed by atoms with Crippen molar-refractivity contribution < 1.29 is 14.4 Å². The molecular weight excluding hydrogens is 367 g/mol. The van der Waals surface area contributed by atoms with E-state index in [9.17, 15) is 10.1 Å². The van der Waals surface area contributed by atoms with Crippen LogP contribution < -0.4 is 9.47 Å². The van der Waals surface area contributed by atoms with Gasteiger partial charge in [-0.15, -0.1) is 0 Å². The molecule has 0 spiro atoms. The summed E-state index contributed by atoms with van der Waals surface area (Å²) in [6, 6.07) is 6.11. The van der Waals surface area contributed by atoms with Gasteiger partial charge in [-0.05, 0) is 34.2 Å². The maximum absolute atomic E-state index is 10.9. The number of benzene rings is 1. The minimum absolute atomic E-state index is 0.0564. The Morgan fingerprint density at radius 2 is 1.74 bits per heavy atom. The minimum atomic E-state index is -0.601. The summed E-state index contributed by atoms with van der Waals surface area (Å²) in [5.74, 6) is 0.00271. The van der Waals surface area contributed by atoms with Crippen LogP contribution in [0.1, 0.15) is 5.69 Å². The lowest BCUT2D eigenvalue weighted by atomic mass is 10.3. The molecule has 2 rings (SSSR count). The number of pyridine rings is 1. The quantitative estimate of drug-likeness (QED) is 0.414. The number of aryl methyl sites for hydroxylation is 1. The summed E-state index contributed by atoms with van der Waals surface area (Å²) in [7, 11) is 0. The van der Waals surface area contributed by atoms with Crippen LogP contribution in [0.2, 0.25) is 15.1 Å². The molecule has 0 saturated carbocycles. The fraction of sp³-hybridized carbons (Fsp3) is 0.214. The average Bonchev–Trinajstić information content (AvgIpc) is 2.46. The van der Waals surface area contributed by atoms with E-state index in [-0.39, 0.29) is 40.6 Å². The Kier molecular flexibility index (Phi) is 5.87. The van der Waals surface area contributed by atoms with Crippen molar-refractivity contribution in [1.82, 2.24) is 4.98 Å². The number of hydrogen-bond acceptors (Lipinski definition) is 5. The molecule has 0 aliphatic heterocycles. The number of aromatic nitrogens is 1. The Morgan fingerprint density at radius 1 is 1.13 bits per heavy atom. The van der Waals surface area contributed by atoms with Gasteiger partial charge in [0.25, 0.3) is 0 Å². The van der Waals surface area contributed by atoms with E-state index in [0.29, 0.717) is 10.7 Å². The van der Waals surface area contributed by atoms with Crippen molar-refractivity contribution in [3.05, 3.63) is 55.1 Å². The van der Waals surface area contributed by atoms with Gasteiger partial charge in [0.05, 0.1) is 10.0 Å². The van der Waals surface area contributed by atoms with Crippen LogP contribution in [0.5, 0.6) is 11.5 Å². The second-order valence-corrected chi connectivity index (χ2v) is 5.68. The third kappa shape index (κ3) is 4.60. The van der Waals surface area contributed by atoms with Crippen LogP contribution >= 0.6 is 34.8 Å². The third-order valence-corrected chi connectivity index (χ3v) is 3.48. The molecule has 0 fully saturated rings. The van der Waals surface area contributed by atoms with E-state index < -0.39 is 4.92 Å². The predicted molar refractivity (Wildman–Crippen MR) is 88.1 cm³/mol. The zero-order valence-electron chi connectivity index (χ0n) is 11.9. The Hall–Kier alpha value is -1.76. The van der Waals surface area contributed by atoms with Gasteiger partial charge in [-0.3, -0.25) is 0 Å². The fourth-order valence-electron chi connectivity index (χ4n) is 1.74. The van der Waals surface area contributed by atoms with Crippen LogP contribution in [0, 0.1) is 17.0 Å². The third-order valence-electron chi connectivity index (χ3n) is 2.70. The molecule has 0 saturated heterocycles. The first kappa shape index (κ1) is 17.6. The summed E-state index contributed by atoms with van der Waals surface area (Å²) < 4.78 is 10.8. The predicted octanol–water partition coefficient (Wildman–Crippen LogP) is 4.72. The van der Waals surface area contributed by atoms with Crippen molar-refractivity contribution in [2.75, 3.05) is 13.2 Å². The van der Waals surface area contributed by atoms with Crippen LogP contribution in [0.4, 0.5) is 5.82 Å². The molecule has 9 heteroatoms. The summed E-state index contributed by atoms with van der Waals surface area (Å²) in [6.45, 7) is 1.80. The number of hydrogen-bond donors (Lipinski definition) is 0. The number of nitro groups is 1. The SMILES string of the molecule is Cc1ccc(OCCOc2c(Cl)cc(Cl)cc2Cl)c([N+](=O)[O-])n1. The Bertz CT molecular complexity index is 717. The number of nitrogens with zero attached hydrogens (tertiary/aromatic N) is 2. The van der Waals surface area contributed by atoms with E-state index in [4.69, 9.17) is 44.3 Å². The number of halogens is 3. The van der Waals surface area contributed by atoms with Crippen LogP contribution in [0.15, 0.2) is 24.3 Å². The van der Waals surface area contributed by atoms with Gasteiger partial charge < -0.3 is 19.6 Å². The van der Waals surface area contributed by atoms with Crippen molar-refractivity contribution in [1.29, 1.82) is 0 Å². The molecule has 2 aromatic rings. The highest BCUT2D eigenvalue weighted by atomic mass is 35.5.